The van der Waals surface area contributed by atoms with E-state index in [0.717, 1.165) is 0 Å². The third-order valence-electron chi connectivity index (χ3n) is 2.00. The number of carbonyl (C=O) groups is 1. The molecule has 0 radical (unpaired) electrons. The molecule has 1 rings (SSSR count). The number of hydrogen-bond donors (Lipinski definition) is 2. The van der Waals surface area contributed by atoms with Crippen molar-refractivity contribution in [2.24, 2.45) is 0 Å². The fourth-order valence-electron chi connectivity index (χ4n) is 0.978. The normalized spacial score (nSPS) is 12.2. The van der Waals surface area contributed by atoms with Crippen LogP contribution in [0.25, 0.3) is 0 Å². The molecule has 0 bridgehead atoms. The Hall–Kier alpha value is -0.870. The highest BCUT2D eigenvalue weighted by Crippen LogP contribution is 2.23. The van der Waals surface area contributed by atoms with Crippen LogP contribution in [0.3, 0.4) is 0 Å². The van der Waals surface area contributed by atoms with Gasteiger partial charge in [0.15, 0.2) is 0 Å². The molecule has 82 valence electrons. The van der Waals surface area contributed by atoms with Gasteiger partial charge in [0.2, 0.25) is 5.91 Å². The number of benzene rings is 1. The fourth-order valence-corrected chi connectivity index (χ4v) is 1.42. The van der Waals surface area contributed by atoms with Gasteiger partial charge in [-0.1, -0.05) is 11.6 Å². The standard InChI is InChI=1S/C10H13ClN2OS/c1-6(15-2)10(14)13-9-5-7(11)3-4-8(9)12/h3-6H,12H2,1-2H3,(H,13,14). The quantitative estimate of drug-likeness (QED) is 0.804. The van der Waals surface area contributed by atoms with Gasteiger partial charge in [-0.2, -0.15) is 11.8 Å². The highest BCUT2D eigenvalue weighted by molar-refractivity contribution is 7.99. The summed E-state index contributed by atoms with van der Waals surface area (Å²) >= 11 is 7.28. The molecule has 1 unspecified atom stereocenters. The third kappa shape index (κ3) is 3.32. The van der Waals surface area contributed by atoms with E-state index in [1.165, 1.54) is 11.8 Å². The molecule has 1 amide bonds. The van der Waals surface area contributed by atoms with Crippen molar-refractivity contribution in [2.75, 3.05) is 17.3 Å². The van der Waals surface area contributed by atoms with E-state index in [4.69, 9.17) is 17.3 Å². The Morgan fingerprint density at radius 2 is 2.27 bits per heavy atom. The Morgan fingerprint density at radius 3 is 2.87 bits per heavy atom. The fraction of sp³-hybridized carbons (Fsp3) is 0.300. The molecule has 1 aromatic carbocycles. The van der Waals surface area contributed by atoms with Gasteiger partial charge in [-0.25, -0.2) is 0 Å². The zero-order valence-corrected chi connectivity index (χ0v) is 10.2. The zero-order chi connectivity index (χ0) is 11.4. The van der Waals surface area contributed by atoms with E-state index in [2.05, 4.69) is 5.32 Å². The minimum absolute atomic E-state index is 0.0727. The summed E-state index contributed by atoms with van der Waals surface area (Å²) in [5.41, 5.74) is 6.78. The first kappa shape index (κ1) is 12.2. The lowest BCUT2D eigenvalue weighted by atomic mass is 10.2. The van der Waals surface area contributed by atoms with Gasteiger partial charge >= 0.3 is 0 Å². The number of carbonyl (C=O) groups excluding carboxylic acids is 1. The molecule has 0 saturated carbocycles. The minimum atomic E-state index is -0.108. The lowest BCUT2D eigenvalue weighted by Gasteiger charge is -2.11. The predicted octanol–water partition coefficient (Wildman–Crippen LogP) is 2.61. The molecule has 0 aliphatic heterocycles. The van der Waals surface area contributed by atoms with Gasteiger partial charge in [-0.3, -0.25) is 4.79 Å². The van der Waals surface area contributed by atoms with Crippen molar-refractivity contribution in [3.05, 3.63) is 23.2 Å². The molecule has 0 heterocycles. The van der Waals surface area contributed by atoms with Crippen LogP contribution in [0.4, 0.5) is 11.4 Å². The van der Waals surface area contributed by atoms with Gasteiger partial charge in [0.25, 0.3) is 0 Å². The molecule has 1 atom stereocenters. The van der Waals surface area contributed by atoms with Gasteiger partial charge in [0, 0.05) is 5.02 Å². The predicted molar refractivity (Wildman–Crippen MR) is 67.5 cm³/mol. The van der Waals surface area contributed by atoms with Gasteiger partial charge in [0.1, 0.15) is 0 Å². The van der Waals surface area contributed by atoms with E-state index in [-0.39, 0.29) is 11.2 Å². The Morgan fingerprint density at radius 1 is 1.60 bits per heavy atom. The molecular formula is C10H13ClN2OS. The smallest absolute Gasteiger partial charge is 0.237 e. The number of amides is 1. The summed E-state index contributed by atoms with van der Waals surface area (Å²) in [4.78, 5) is 11.6. The number of nitrogens with one attached hydrogen (secondary N) is 1. The lowest BCUT2D eigenvalue weighted by Crippen LogP contribution is -2.22. The van der Waals surface area contributed by atoms with E-state index in [1.807, 2.05) is 13.2 Å². The summed E-state index contributed by atoms with van der Waals surface area (Å²) in [7, 11) is 0. The first-order chi connectivity index (χ1) is 7.04. The van der Waals surface area contributed by atoms with Crippen molar-refractivity contribution in [1.82, 2.24) is 0 Å². The van der Waals surface area contributed by atoms with Crippen molar-refractivity contribution < 1.29 is 4.79 Å². The van der Waals surface area contributed by atoms with Crippen LogP contribution in [0.2, 0.25) is 5.02 Å². The molecule has 3 N–H and O–H groups in total. The van der Waals surface area contributed by atoms with E-state index in [9.17, 15) is 4.79 Å². The topological polar surface area (TPSA) is 55.1 Å². The van der Waals surface area contributed by atoms with Crippen molar-refractivity contribution in [1.29, 1.82) is 0 Å². The van der Waals surface area contributed by atoms with E-state index >= 15 is 0 Å². The highest BCUT2D eigenvalue weighted by atomic mass is 35.5. The van der Waals surface area contributed by atoms with Crippen LogP contribution in [-0.2, 0) is 4.79 Å². The summed E-state index contributed by atoms with van der Waals surface area (Å²) in [6.07, 6.45) is 1.88. The molecule has 0 spiro atoms. The van der Waals surface area contributed by atoms with Crippen LogP contribution in [0.1, 0.15) is 6.92 Å². The number of hydrogen-bond acceptors (Lipinski definition) is 3. The second kappa shape index (κ2) is 5.28. The minimum Gasteiger partial charge on any atom is -0.397 e. The summed E-state index contributed by atoms with van der Waals surface area (Å²) in [6, 6.07) is 4.99. The number of thioether (sulfide) groups is 1. The SMILES string of the molecule is CSC(C)C(=O)Nc1cc(Cl)ccc1N. The Labute approximate surface area is 98.4 Å². The zero-order valence-electron chi connectivity index (χ0n) is 8.58. The van der Waals surface area contributed by atoms with Crippen LogP contribution in [-0.4, -0.2) is 17.4 Å². The molecule has 15 heavy (non-hydrogen) atoms. The molecule has 0 fully saturated rings. The summed E-state index contributed by atoms with van der Waals surface area (Å²) in [6.45, 7) is 1.83. The maximum absolute atomic E-state index is 11.6. The Balaban J connectivity index is 2.80. The molecular weight excluding hydrogens is 232 g/mol. The Bertz CT molecular complexity index is 370. The van der Waals surface area contributed by atoms with Crippen LogP contribution in [0.5, 0.6) is 0 Å². The number of nitrogen functional groups attached to an aromatic ring is 1. The third-order valence-corrected chi connectivity index (χ3v) is 3.15. The number of halogens is 1. The largest absolute Gasteiger partial charge is 0.397 e. The molecule has 5 heteroatoms. The van der Waals surface area contributed by atoms with Gasteiger partial charge in [-0.15, -0.1) is 0 Å². The van der Waals surface area contributed by atoms with Crippen LogP contribution in [0, 0.1) is 0 Å². The van der Waals surface area contributed by atoms with Crippen LogP contribution >= 0.6 is 23.4 Å². The van der Waals surface area contributed by atoms with Crippen molar-refractivity contribution in [3.8, 4) is 0 Å². The lowest BCUT2D eigenvalue weighted by molar-refractivity contribution is -0.115. The van der Waals surface area contributed by atoms with E-state index in [0.29, 0.717) is 16.4 Å². The summed E-state index contributed by atoms with van der Waals surface area (Å²) in [5.74, 6) is -0.0727. The number of anilines is 2. The highest BCUT2D eigenvalue weighted by Gasteiger charge is 2.12. The van der Waals surface area contributed by atoms with Crippen molar-refractivity contribution in [3.63, 3.8) is 0 Å². The van der Waals surface area contributed by atoms with Crippen molar-refractivity contribution in [2.45, 2.75) is 12.2 Å². The van der Waals surface area contributed by atoms with E-state index in [1.54, 1.807) is 18.2 Å². The maximum Gasteiger partial charge on any atom is 0.237 e. The molecule has 0 aliphatic carbocycles. The summed E-state index contributed by atoms with van der Waals surface area (Å²) < 4.78 is 0. The molecule has 0 aliphatic rings. The van der Waals surface area contributed by atoms with Crippen LogP contribution < -0.4 is 11.1 Å². The van der Waals surface area contributed by atoms with Crippen molar-refractivity contribution >= 4 is 40.6 Å². The average molecular weight is 245 g/mol. The molecule has 3 nitrogen and oxygen atoms in total. The molecule has 0 aromatic heterocycles. The van der Waals surface area contributed by atoms with Gasteiger partial charge < -0.3 is 11.1 Å². The number of nitrogens with two attached hydrogens (primary N) is 1. The first-order valence-corrected chi connectivity index (χ1v) is 6.10. The molecule has 1 aromatic rings. The van der Waals surface area contributed by atoms with Crippen LogP contribution in [0.15, 0.2) is 18.2 Å². The maximum atomic E-state index is 11.6. The van der Waals surface area contributed by atoms with Gasteiger partial charge in [-0.05, 0) is 31.4 Å². The molecule has 0 saturated heterocycles. The number of rotatable bonds is 3. The van der Waals surface area contributed by atoms with Gasteiger partial charge in [0.05, 0.1) is 16.6 Å². The van der Waals surface area contributed by atoms with E-state index < -0.39 is 0 Å². The Kier molecular flexibility index (Phi) is 4.29. The second-order valence-electron chi connectivity index (χ2n) is 3.10. The summed E-state index contributed by atoms with van der Waals surface area (Å²) in [5, 5.41) is 3.18. The average Bonchev–Trinajstić information content (AvgIpc) is 2.22. The first-order valence-electron chi connectivity index (χ1n) is 4.43. The monoisotopic (exact) mass is 244 g/mol. The second-order valence-corrected chi connectivity index (χ2v) is 4.71.